The van der Waals surface area contributed by atoms with E-state index in [9.17, 15) is 4.79 Å². The number of hydrogen-bond donors (Lipinski definition) is 1. The second-order valence-electron chi connectivity index (χ2n) is 11.9. The molecule has 37 heavy (non-hydrogen) atoms. The summed E-state index contributed by atoms with van der Waals surface area (Å²) in [6.07, 6.45) is 9.62. The molecule has 5 aliphatic rings. The van der Waals surface area contributed by atoms with Crippen LogP contribution in [0.25, 0.3) is 5.69 Å². The Balaban J connectivity index is 1.19. The van der Waals surface area contributed by atoms with Crippen molar-refractivity contribution in [2.45, 2.75) is 50.5 Å². The number of nitrogens with zero attached hydrogens (tertiary/aromatic N) is 3. The molecule has 8 rings (SSSR count). The highest BCUT2D eigenvalue weighted by molar-refractivity contribution is 6.05. The van der Waals surface area contributed by atoms with E-state index in [1.165, 1.54) is 44.1 Å². The van der Waals surface area contributed by atoms with Crippen LogP contribution in [0.3, 0.4) is 0 Å². The molecule has 4 aliphatic carbocycles. The van der Waals surface area contributed by atoms with Crippen molar-refractivity contribution in [3.63, 3.8) is 0 Å². The quantitative estimate of drug-likeness (QED) is 0.495. The third kappa shape index (κ3) is 4.51. The van der Waals surface area contributed by atoms with Crippen LogP contribution in [0.1, 0.15) is 60.1 Å². The van der Waals surface area contributed by atoms with Crippen molar-refractivity contribution >= 4 is 11.6 Å². The maximum Gasteiger partial charge on any atom is 0.259 e. The molecular weight excluding hydrogens is 460 g/mol. The fourth-order valence-electron chi connectivity index (χ4n) is 8.01. The highest BCUT2D eigenvalue weighted by atomic mass is 16.5. The van der Waals surface area contributed by atoms with Crippen LogP contribution >= 0.6 is 0 Å². The molecule has 0 atom stereocenters. The molecule has 5 fully saturated rings. The van der Waals surface area contributed by atoms with E-state index >= 15 is 0 Å². The van der Waals surface area contributed by atoms with E-state index in [1.807, 2.05) is 41.2 Å². The standard InChI is InChI=1S/C31H36N4O2/c36-30(32-26-6-4-5-22(16-26)20-34-9-11-37-12-10-34)28-21-35(27-7-2-1-3-8-27)33-29(28)31-17-23-13-24(18-31)15-25(14-23)19-31/h1-8,16,21,23-25H,9-15,17-20H2,(H,32,36). The number of morpholine rings is 1. The van der Waals surface area contributed by atoms with Gasteiger partial charge in [-0.15, -0.1) is 0 Å². The molecule has 1 saturated heterocycles. The zero-order valence-electron chi connectivity index (χ0n) is 21.4. The van der Waals surface area contributed by atoms with Crippen LogP contribution in [0.2, 0.25) is 0 Å². The second-order valence-corrected chi connectivity index (χ2v) is 11.9. The van der Waals surface area contributed by atoms with Crippen LogP contribution < -0.4 is 5.32 Å². The Labute approximate surface area is 219 Å². The molecule has 0 radical (unpaired) electrons. The van der Waals surface area contributed by atoms with Crippen LogP contribution in [-0.2, 0) is 16.7 Å². The predicted molar refractivity (Wildman–Crippen MR) is 144 cm³/mol. The average molecular weight is 497 g/mol. The first-order chi connectivity index (χ1) is 18.1. The van der Waals surface area contributed by atoms with E-state index in [0.29, 0.717) is 0 Å². The Morgan fingerprint density at radius 3 is 2.35 bits per heavy atom. The van der Waals surface area contributed by atoms with Crippen LogP contribution in [0.4, 0.5) is 5.69 Å². The minimum absolute atomic E-state index is 0.0413. The Morgan fingerprint density at radius 2 is 1.65 bits per heavy atom. The van der Waals surface area contributed by atoms with E-state index < -0.39 is 0 Å². The van der Waals surface area contributed by atoms with Crippen LogP contribution in [0.5, 0.6) is 0 Å². The molecule has 1 aliphatic heterocycles. The second kappa shape index (κ2) is 9.41. The fraction of sp³-hybridized carbons (Fsp3) is 0.484. The number of aromatic nitrogens is 2. The molecular formula is C31H36N4O2. The topological polar surface area (TPSA) is 59.4 Å². The van der Waals surface area contributed by atoms with E-state index in [-0.39, 0.29) is 11.3 Å². The number of rotatable bonds is 6. The predicted octanol–water partition coefficient (Wildman–Crippen LogP) is 5.42. The summed E-state index contributed by atoms with van der Waals surface area (Å²) in [5.74, 6) is 2.33. The van der Waals surface area contributed by atoms with Crippen molar-refractivity contribution in [1.29, 1.82) is 0 Å². The summed E-state index contributed by atoms with van der Waals surface area (Å²) in [5.41, 5.74) is 4.86. The Hall–Kier alpha value is -2.96. The van der Waals surface area contributed by atoms with Crippen molar-refractivity contribution in [2.24, 2.45) is 17.8 Å². The van der Waals surface area contributed by atoms with Crippen molar-refractivity contribution in [2.75, 3.05) is 31.6 Å². The number of hydrogen-bond acceptors (Lipinski definition) is 4. The summed E-state index contributed by atoms with van der Waals surface area (Å²) in [6.45, 7) is 4.34. The van der Waals surface area contributed by atoms with Gasteiger partial charge in [0.15, 0.2) is 0 Å². The Bertz CT molecular complexity index is 1240. The van der Waals surface area contributed by atoms with Gasteiger partial charge in [0.1, 0.15) is 0 Å². The molecule has 1 amide bonds. The lowest BCUT2D eigenvalue weighted by atomic mass is 9.48. The number of carbonyl (C=O) groups excluding carboxylic acids is 1. The SMILES string of the molecule is O=C(Nc1cccc(CN2CCOCC2)c1)c1cn(-c2ccccc2)nc1C12CC3CC(CC(C3)C1)C2. The van der Waals surface area contributed by atoms with Crippen molar-refractivity contribution in [1.82, 2.24) is 14.7 Å². The summed E-state index contributed by atoms with van der Waals surface area (Å²) >= 11 is 0. The molecule has 4 saturated carbocycles. The van der Waals surface area contributed by atoms with Gasteiger partial charge in [-0.25, -0.2) is 4.68 Å². The lowest BCUT2D eigenvalue weighted by Crippen LogP contribution is -2.49. The molecule has 6 heteroatoms. The van der Waals surface area contributed by atoms with Crippen LogP contribution in [-0.4, -0.2) is 46.9 Å². The van der Waals surface area contributed by atoms with Gasteiger partial charge >= 0.3 is 0 Å². The van der Waals surface area contributed by atoms with E-state index in [0.717, 1.165) is 73.2 Å². The molecule has 6 nitrogen and oxygen atoms in total. The molecule has 0 spiro atoms. The largest absolute Gasteiger partial charge is 0.379 e. The first-order valence-electron chi connectivity index (χ1n) is 14.0. The molecule has 2 heterocycles. The van der Waals surface area contributed by atoms with Gasteiger partial charge in [0.25, 0.3) is 5.91 Å². The summed E-state index contributed by atoms with van der Waals surface area (Å²) in [7, 11) is 0. The number of ether oxygens (including phenoxy) is 1. The third-order valence-electron chi connectivity index (χ3n) is 9.21. The number of para-hydroxylation sites is 1. The molecule has 1 N–H and O–H groups in total. The van der Waals surface area contributed by atoms with Gasteiger partial charge in [-0.3, -0.25) is 9.69 Å². The molecule has 1 aromatic heterocycles. The third-order valence-corrected chi connectivity index (χ3v) is 9.21. The normalized spacial score (nSPS) is 28.9. The summed E-state index contributed by atoms with van der Waals surface area (Å²) in [6, 6.07) is 18.5. The molecule has 2 aromatic carbocycles. The highest BCUT2D eigenvalue weighted by Gasteiger charge is 2.53. The van der Waals surface area contributed by atoms with E-state index in [4.69, 9.17) is 9.84 Å². The minimum Gasteiger partial charge on any atom is -0.379 e. The van der Waals surface area contributed by atoms with Crippen molar-refractivity contribution < 1.29 is 9.53 Å². The number of anilines is 1. The zero-order valence-corrected chi connectivity index (χ0v) is 21.4. The fourth-order valence-corrected chi connectivity index (χ4v) is 8.01. The van der Waals surface area contributed by atoms with E-state index in [1.54, 1.807) is 0 Å². The van der Waals surface area contributed by atoms with Gasteiger partial charge in [-0.1, -0.05) is 30.3 Å². The Kier molecular flexibility index (Phi) is 5.89. The number of carbonyl (C=O) groups is 1. The minimum atomic E-state index is -0.0450. The van der Waals surface area contributed by atoms with Crippen molar-refractivity contribution in [3.05, 3.63) is 77.6 Å². The molecule has 4 bridgehead atoms. The summed E-state index contributed by atoms with van der Waals surface area (Å²) < 4.78 is 7.42. The first kappa shape index (κ1) is 23.2. The molecule has 0 unspecified atom stereocenters. The van der Waals surface area contributed by atoms with Gasteiger partial charge in [-0.05, 0) is 86.1 Å². The zero-order chi connectivity index (χ0) is 24.8. The summed E-state index contributed by atoms with van der Waals surface area (Å²) in [5, 5.41) is 8.40. The Morgan fingerprint density at radius 1 is 0.946 bits per heavy atom. The monoisotopic (exact) mass is 496 g/mol. The summed E-state index contributed by atoms with van der Waals surface area (Å²) in [4.78, 5) is 16.3. The van der Waals surface area contributed by atoms with Gasteiger partial charge in [0, 0.05) is 36.9 Å². The van der Waals surface area contributed by atoms with Crippen molar-refractivity contribution in [3.8, 4) is 5.69 Å². The van der Waals surface area contributed by atoms with Gasteiger partial charge < -0.3 is 10.1 Å². The van der Waals surface area contributed by atoms with Crippen LogP contribution in [0.15, 0.2) is 60.8 Å². The van der Waals surface area contributed by atoms with Gasteiger partial charge in [0.05, 0.1) is 30.2 Å². The smallest absolute Gasteiger partial charge is 0.259 e. The lowest BCUT2D eigenvalue weighted by molar-refractivity contribution is -0.00765. The number of amides is 1. The lowest BCUT2D eigenvalue weighted by Gasteiger charge is -2.56. The number of nitrogens with one attached hydrogen (secondary N) is 1. The maximum atomic E-state index is 13.9. The molecule has 192 valence electrons. The van der Waals surface area contributed by atoms with Crippen LogP contribution in [0, 0.1) is 17.8 Å². The first-order valence-corrected chi connectivity index (χ1v) is 14.0. The van der Waals surface area contributed by atoms with E-state index in [2.05, 4.69) is 34.5 Å². The van der Waals surface area contributed by atoms with Gasteiger partial charge in [-0.2, -0.15) is 5.10 Å². The number of benzene rings is 2. The molecule has 3 aromatic rings. The maximum absolute atomic E-state index is 13.9. The highest BCUT2D eigenvalue weighted by Crippen LogP contribution is 2.60. The van der Waals surface area contributed by atoms with Gasteiger partial charge in [0.2, 0.25) is 0 Å². The average Bonchev–Trinajstić information content (AvgIpc) is 3.36.